The highest BCUT2D eigenvalue weighted by atomic mass is 35.5. The average molecular weight is 283 g/mol. The minimum Gasteiger partial charge on any atom is -0.417 e. The number of rotatable bonds is 3. The van der Waals surface area contributed by atoms with E-state index >= 15 is 0 Å². The van der Waals surface area contributed by atoms with Gasteiger partial charge in [-0.05, 0) is 29.8 Å². The molecule has 0 fully saturated rings. The molecule has 0 unspecified atom stereocenters. The molecule has 2 aromatic carbocycles. The standard InChI is InChI=1S/C16H11ClN2O/c17-14-8-4-7-13(11-14)16-19-18-15(20-16)10-9-12-5-2-1-3-6-12/h1-11H/b10-9+. The molecule has 0 saturated heterocycles. The lowest BCUT2D eigenvalue weighted by molar-refractivity contribution is 0.558. The largest absolute Gasteiger partial charge is 0.417 e. The first-order valence-electron chi connectivity index (χ1n) is 6.14. The predicted molar refractivity (Wildman–Crippen MR) is 80.1 cm³/mol. The van der Waals surface area contributed by atoms with E-state index in [1.54, 1.807) is 18.2 Å². The molecule has 0 spiro atoms. The van der Waals surface area contributed by atoms with Gasteiger partial charge in [-0.25, -0.2) is 0 Å². The van der Waals surface area contributed by atoms with Crippen molar-refractivity contribution >= 4 is 23.8 Å². The molecule has 3 aromatic rings. The number of benzene rings is 2. The minimum absolute atomic E-state index is 0.459. The molecule has 0 aliphatic rings. The Balaban J connectivity index is 1.82. The average Bonchev–Trinajstić information content (AvgIpc) is 2.95. The van der Waals surface area contributed by atoms with Crippen LogP contribution in [0.25, 0.3) is 23.6 Å². The normalized spacial score (nSPS) is 11.1. The van der Waals surface area contributed by atoms with E-state index in [9.17, 15) is 0 Å². The van der Waals surface area contributed by atoms with Crippen molar-refractivity contribution in [1.82, 2.24) is 10.2 Å². The van der Waals surface area contributed by atoms with Crippen molar-refractivity contribution in [3.8, 4) is 11.5 Å². The molecule has 0 amide bonds. The van der Waals surface area contributed by atoms with Gasteiger partial charge in [0.25, 0.3) is 0 Å². The summed E-state index contributed by atoms with van der Waals surface area (Å²) >= 11 is 5.94. The number of halogens is 1. The van der Waals surface area contributed by atoms with Gasteiger partial charge in [-0.1, -0.05) is 48.0 Å². The summed E-state index contributed by atoms with van der Waals surface area (Å²) in [7, 11) is 0. The number of hydrogen-bond donors (Lipinski definition) is 0. The monoisotopic (exact) mass is 282 g/mol. The summed E-state index contributed by atoms with van der Waals surface area (Å²) in [5, 5.41) is 8.64. The van der Waals surface area contributed by atoms with Gasteiger partial charge in [-0.15, -0.1) is 10.2 Å². The molecule has 20 heavy (non-hydrogen) atoms. The molecule has 3 rings (SSSR count). The van der Waals surface area contributed by atoms with Crippen LogP contribution in [-0.4, -0.2) is 10.2 Å². The Hall–Kier alpha value is -2.39. The van der Waals surface area contributed by atoms with E-state index in [1.807, 2.05) is 48.5 Å². The van der Waals surface area contributed by atoms with Crippen LogP contribution >= 0.6 is 11.6 Å². The molecule has 0 bridgehead atoms. The second kappa shape index (κ2) is 5.72. The summed E-state index contributed by atoms with van der Waals surface area (Å²) in [5.41, 5.74) is 1.89. The van der Waals surface area contributed by atoms with Crippen LogP contribution in [0.3, 0.4) is 0 Å². The summed E-state index contributed by atoms with van der Waals surface area (Å²) < 4.78 is 5.58. The Morgan fingerprint density at radius 1 is 0.900 bits per heavy atom. The zero-order valence-corrected chi connectivity index (χ0v) is 11.3. The molecule has 0 aliphatic carbocycles. The van der Waals surface area contributed by atoms with Gasteiger partial charge in [0.2, 0.25) is 11.8 Å². The zero-order chi connectivity index (χ0) is 13.8. The Labute approximate surface area is 121 Å². The molecule has 0 saturated carbocycles. The van der Waals surface area contributed by atoms with E-state index in [0.29, 0.717) is 16.8 Å². The van der Waals surface area contributed by atoms with Crippen LogP contribution in [0.5, 0.6) is 0 Å². The quantitative estimate of drug-likeness (QED) is 0.707. The van der Waals surface area contributed by atoms with Gasteiger partial charge in [0.1, 0.15) is 0 Å². The van der Waals surface area contributed by atoms with Crippen molar-refractivity contribution in [2.24, 2.45) is 0 Å². The van der Waals surface area contributed by atoms with E-state index in [1.165, 1.54) is 0 Å². The second-order valence-electron chi connectivity index (χ2n) is 4.20. The fraction of sp³-hybridized carbons (Fsp3) is 0. The Morgan fingerprint density at radius 2 is 1.75 bits per heavy atom. The van der Waals surface area contributed by atoms with Crippen LogP contribution in [0, 0.1) is 0 Å². The van der Waals surface area contributed by atoms with Crippen molar-refractivity contribution in [2.45, 2.75) is 0 Å². The molecule has 0 N–H and O–H groups in total. The first-order valence-corrected chi connectivity index (χ1v) is 6.52. The van der Waals surface area contributed by atoms with Gasteiger partial charge in [-0.3, -0.25) is 0 Å². The number of hydrogen-bond acceptors (Lipinski definition) is 3. The van der Waals surface area contributed by atoms with E-state index in [0.717, 1.165) is 11.1 Å². The smallest absolute Gasteiger partial charge is 0.248 e. The molecule has 1 aromatic heterocycles. The summed E-state index contributed by atoms with van der Waals surface area (Å²) in [6.07, 6.45) is 3.71. The fourth-order valence-electron chi connectivity index (χ4n) is 1.77. The van der Waals surface area contributed by atoms with Crippen molar-refractivity contribution in [1.29, 1.82) is 0 Å². The zero-order valence-electron chi connectivity index (χ0n) is 10.5. The predicted octanol–water partition coefficient (Wildman–Crippen LogP) is 4.56. The maximum Gasteiger partial charge on any atom is 0.248 e. The highest BCUT2D eigenvalue weighted by Gasteiger charge is 2.06. The van der Waals surface area contributed by atoms with E-state index in [2.05, 4.69) is 10.2 Å². The van der Waals surface area contributed by atoms with Gasteiger partial charge in [0, 0.05) is 16.7 Å². The van der Waals surface area contributed by atoms with Gasteiger partial charge in [0.15, 0.2) is 0 Å². The van der Waals surface area contributed by atoms with Crippen LogP contribution in [0.4, 0.5) is 0 Å². The van der Waals surface area contributed by atoms with Crippen molar-refractivity contribution in [3.05, 3.63) is 71.1 Å². The summed E-state index contributed by atoms with van der Waals surface area (Å²) in [4.78, 5) is 0. The molecule has 98 valence electrons. The molecular weight excluding hydrogens is 272 g/mol. The topological polar surface area (TPSA) is 38.9 Å². The fourth-order valence-corrected chi connectivity index (χ4v) is 1.96. The lowest BCUT2D eigenvalue weighted by Crippen LogP contribution is -1.76. The van der Waals surface area contributed by atoms with Crippen molar-refractivity contribution in [3.63, 3.8) is 0 Å². The molecular formula is C16H11ClN2O. The van der Waals surface area contributed by atoms with Crippen LogP contribution in [0.2, 0.25) is 5.02 Å². The number of nitrogens with zero attached hydrogens (tertiary/aromatic N) is 2. The van der Waals surface area contributed by atoms with E-state index < -0.39 is 0 Å². The number of aromatic nitrogens is 2. The first kappa shape index (κ1) is 12.6. The molecule has 0 atom stereocenters. The van der Waals surface area contributed by atoms with Crippen molar-refractivity contribution < 1.29 is 4.42 Å². The van der Waals surface area contributed by atoms with Gasteiger partial charge in [0.05, 0.1) is 0 Å². The van der Waals surface area contributed by atoms with Crippen molar-refractivity contribution in [2.75, 3.05) is 0 Å². The summed E-state index contributed by atoms with van der Waals surface area (Å²) in [5.74, 6) is 0.920. The van der Waals surface area contributed by atoms with Crippen LogP contribution in [-0.2, 0) is 0 Å². The maximum atomic E-state index is 5.94. The van der Waals surface area contributed by atoms with Crippen LogP contribution in [0.1, 0.15) is 11.5 Å². The van der Waals surface area contributed by atoms with E-state index in [-0.39, 0.29) is 0 Å². The lowest BCUT2D eigenvalue weighted by Gasteiger charge is -1.94. The maximum absolute atomic E-state index is 5.94. The third-order valence-electron chi connectivity index (χ3n) is 2.73. The third-order valence-corrected chi connectivity index (χ3v) is 2.97. The van der Waals surface area contributed by atoms with Crippen LogP contribution < -0.4 is 0 Å². The summed E-state index contributed by atoms with van der Waals surface area (Å²) in [6, 6.07) is 17.3. The lowest BCUT2D eigenvalue weighted by atomic mass is 10.2. The first-order chi connectivity index (χ1) is 9.81. The summed E-state index contributed by atoms with van der Waals surface area (Å²) in [6.45, 7) is 0. The molecule has 0 aliphatic heterocycles. The van der Waals surface area contributed by atoms with E-state index in [4.69, 9.17) is 16.0 Å². The highest BCUT2D eigenvalue weighted by Crippen LogP contribution is 2.21. The van der Waals surface area contributed by atoms with Gasteiger partial charge >= 0.3 is 0 Å². The Kier molecular flexibility index (Phi) is 3.61. The van der Waals surface area contributed by atoms with Crippen LogP contribution in [0.15, 0.2) is 59.0 Å². The highest BCUT2D eigenvalue weighted by molar-refractivity contribution is 6.30. The third kappa shape index (κ3) is 2.95. The second-order valence-corrected chi connectivity index (χ2v) is 4.64. The molecule has 0 radical (unpaired) electrons. The van der Waals surface area contributed by atoms with Gasteiger partial charge in [-0.2, -0.15) is 0 Å². The Morgan fingerprint density at radius 3 is 2.55 bits per heavy atom. The minimum atomic E-state index is 0.459. The molecule has 3 nitrogen and oxygen atoms in total. The molecule has 4 heteroatoms. The van der Waals surface area contributed by atoms with Gasteiger partial charge < -0.3 is 4.42 Å². The SMILES string of the molecule is Clc1cccc(-c2nnc(/C=C/c3ccccc3)o2)c1. The molecule has 1 heterocycles. The Bertz CT molecular complexity index is 735.